The zero-order valence-corrected chi connectivity index (χ0v) is 12.2. The number of ketones is 1. The Kier molecular flexibility index (Phi) is 4.09. The average Bonchev–Trinajstić information content (AvgIpc) is 2.28. The molecule has 18 heavy (non-hydrogen) atoms. The highest BCUT2D eigenvalue weighted by molar-refractivity contribution is 5.88. The zero-order valence-electron chi connectivity index (χ0n) is 12.2. The minimum absolute atomic E-state index is 0.197. The molecule has 0 heterocycles. The Hall–Kier alpha value is -0.850. The van der Waals surface area contributed by atoms with Crippen molar-refractivity contribution in [3.05, 3.63) is 23.3 Å². The van der Waals surface area contributed by atoms with Gasteiger partial charge in [0, 0.05) is 11.8 Å². The van der Waals surface area contributed by atoms with Crippen molar-refractivity contribution in [1.29, 1.82) is 0 Å². The van der Waals surface area contributed by atoms with E-state index in [1.165, 1.54) is 24.0 Å². The van der Waals surface area contributed by atoms with Gasteiger partial charge in [0.2, 0.25) is 0 Å². The van der Waals surface area contributed by atoms with E-state index < -0.39 is 0 Å². The van der Waals surface area contributed by atoms with Gasteiger partial charge in [-0.05, 0) is 51.4 Å². The second-order valence-corrected chi connectivity index (χ2v) is 6.44. The summed E-state index contributed by atoms with van der Waals surface area (Å²) in [5, 5.41) is 0. The smallest absolute Gasteiger partial charge is 0.147 e. The molecule has 0 aromatic heterocycles. The summed E-state index contributed by atoms with van der Waals surface area (Å²) < 4.78 is 0. The third kappa shape index (κ3) is 2.76. The molecule has 2 aliphatic rings. The quantitative estimate of drug-likeness (QED) is 0.654. The molecule has 4 atom stereocenters. The summed E-state index contributed by atoms with van der Waals surface area (Å²) >= 11 is 0. The highest BCUT2D eigenvalue weighted by Gasteiger charge is 2.32. The zero-order chi connectivity index (χ0) is 13.3. The van der Waals surface area contributed by atoms with Gasteiger partial charge < -0.3 is 0 Å². The van der Waals surface area contributed by atoms with Gasteiger partial charge in [-0.25, -0.2) is 0 Å². The van der Waals surface area contributed by atoms with Gasteiger partial charge >= 0.3 is 0 Å². The van der Waals surface area contributed by atoms with Crippen molar-refractivity contribution < 1.29 is 4.79 Å². The second kappa shape index (κ2) is 5.42. The third-order valence-corrected chi connectivity index (χ3v) is 4.70. The number of rotatable bonds is 2. The minimum Gasteiger partial charge on any atom is -0.298 e. The van der Waals surface area contributed by atoms with Gasteiger partial charge in [0.15, 0.2) is 0 Å². The van der Waals surface area contributed by atoms with E-state index in [1.54, 1.807) is 0 Å². The molecule has 0 aromatic carbocycles. The Morgan fingerprint density at radius 3 is 1.61 bits per heavy atom. The summed E-state index contributed by atoms with van der Waals surface area (Å²) in [5.41, 5.74) is 2.62. The van der Waals surface area contributed by atoms with Gasteiger partial charge in [0.1, 0.15) is 5.78 Å². The maximum atomic E-state index is 12.7. The van der Waals surface area contributed by atoms with Crippen LogP contribution in [-0.2, 0) is 4.79 Å². The van der Waals surface area contributed by atoms with Crippen molar-refractivity contribution in [3.8, 4) is 0 Å². The Morgan fingerprint density at radius 1 is 0.889 bits per heavy atom. The second-order valence-electron chi connectivity index (χ2n) is 6.44. The third-order valence-electron chi connectivity index (χ3n) is 4.70. The molecule has 0 saturated heterocycles. The van der Waals surface area contributed by atoms with Crippen LogP contribution in [0.2, 0.25) is 0 Å². The monoisotopic (exact) mass is 246 g/mol. The van der Waals surface area contributed by atoms with Gasteiger partial charge in [-0.15, -0.1) is 0 Å². The Morgan fingerprint density at radius 2 is 1.28 bits per heavy atom. The summed E-state index contributed by atoms with van der Waals surface area (Å²) in [6.45, 7) is 8.78. The summed E-state index contributed by atoms with van der Waals surface area (Å²) in [6.07, 6.45) is 9.05. The molecule has 1 nitrogen and oxygen atoms in total. The molecule has 0 aliphatic heterocycles. The predicted molar refractivity (Wildman–Crippen MR) is 76.3 cm³/mol. The molecular weight excluding hydrogens is 220 g/mol. The number of carbonyl (C=O) groups excluding carboxylic acids is 1. The van der Waals surface area contributed by atoms with E-state index in [4.69, 9.17) is 0 Å². The first-order chi connectivity index (χ1) is 8.49. The molecule has 100 valence electrons. The minimum atomic E-state index is 0.197. The molecule has 0 spiro atoms. The van der Waals surface area contributed by atoms with E-state index >= 15 is 0 Å². The van der Waals surface area contributed by atoms with Crippen LogP contribution in [0, 0.1) is 23.7 Å². The Labute approximate surface area is 111 Å². The molecule has 0 saturated carbocycles. The Bertz CT molecular complexity index is 352. The van der Waals surface area contributed by atoms with Crippen molar-refractivity contribution >= 4 is 5.78 Å². The van der Waals surface area contributed by atoms with Crippen molar-refractivity contribution in [2.24, 2.45) is 23.7 Å². The number of hydrogen-bond acceptors (Lipinski definition) is 1. The number of Topliss-reactive ketones (excluding diaryl/α,β-unsaturated/α-hetero) is 1. The molecule has 0 bridgehead atoms. The van der Waals surface area contributed by atoms with Gasteiger partial charge in [0.05, 0.1) is 0 Å². The van der Waals surface area contributed by atoms with E-state index in [0.717, 1.165) is 12.8 Å². The number of allylic oxidation sites excluding steroid dienone is 4. The lowest BCUT2D eigenvalue weighted by Crippen LogP contribution is -2.29. The van der Waals surface area contributed by atoms with Crippen LogP contribution in [0.25, 0.3) is 0 Å². The fraction of sp³-hybridized carbons (Fsp3) is 0.706. The van der Waals surface area contributed by atoms with Gasteiger partial charge in [-0.3, -0.25) is 4.79 Å². The van der Waals surface area contributed by atoms with Crippen LogP contribution in [0.4, 0.5) is 0 Å². The van der Waals surface area contributed by atoms with Crippen LogP contribution in [0.1, 0.15) is 53.4 Å². The molecule has 0 N–H and O–H groups in total. The summed E-state index contributed by atoms with van der Waals surface area (Å²) in [4.78, 5) is 12.7. The highest BCUT2D eigenvalue weighted by Crippen LogP contribution is 2.36. The largest absolute Gasteiger partial charge is 0.298 e. The van der Waals surface area contributed by atoms with Gasteiger partial charge in [-0.1, -0.05) is 37.1 Å². The number of hydrogen-bond donors (Lipinski definition) is 0. The summed E-state index contributed by atoms with van der Waals surface area (Å²) in [5.74, 6) is 2.18. The normalized spacial score (nSPS) is 36.9. The van der Waals surface area contributed by atoms with Gasteiger partial charge in [0.25, 0.3) is 0 Å². The fourth-order valence-corrected chi connectivity index (χ4v) is 3.59. The van der Waals surface area contributed by atoms with Crippen LogP contribution in [0.3, 0.4) is 0 Å². The molecule has 1 heteroatoms. The Balaban J connectivity index is 2.13. The van der Waals surface area contributed by atoms with E-state index in [1.807, 2.05) is 0 Å². The molecule has 0 radical (unpaired) electrons. The van der Waals surface area contributed by atoms with Crippen molar-refractivity contribution in [2.75, 3.05) is 0 Å². The van der Waals surface area contributed by atoms with Crippen LogP contribution >= 0.6 is 0 Å². The lowest BCUT2D eigenvalue weighted by atomic mass is 9.73. The molecule has 4 unspecified atom stereocenters. The maximum Gasteiger partial charge on any atom is 0.147 e. The molecule has 0 amide bonds. The predicted octanol–water partition coefficient (Wildman–Crippen LogP) is 4.54. The van der Waals surface area contributed by atoms with Crippen molar-refractivity contribution in [2.45, 2.75) is 53.4 Å². The summed E-state index contributed by atoms with van der Waals surface area (Å²) in [7, 11) is 0. The van der Waals surface area contributed by atoms with E-state index in [0.29, 0.717) is 17.6 Å². The standard InChI is InChI=1S/C17H26O/c1-11-5-7-15(13(3)9-11)17(18)16-8-6-12(2)10-14(16)4/h9-12,15-16H,5-8H2,1-4H3. The SMILES string of the molecule is CC1=CC(C)CCC1C(=O)C1CCC(C)C=C1C. The average molecular weight is 246 g/mol. The molecule has 2 rings (SSSR count). The molecule has 0 fully saturated rings. The first-order valence-corrected chi connectivity index (χ1v) is 7.39. The highest BCUT2D eigenvalue weighted by atomic mass is 16.1. The van der Waals surface area contributed by atoms with E-state index in [-0.39, 0.29) is 11.8 Å². The van der Waals surface area contributed by atoms with Crippen LogP contribution in [-0.4, -0.2) is 5.78 Å². The van der Waals surface area contributed by atoms with Crippen LogP contribution in [0.15, 0.2) is 23.3 Å². The molecule has 0 aromatic rings. The lowest BCUT2D eigenvalue weighted by molar-refractivity contribution is -0.125. The molecular formula is C17H26O. The fourth-order valence-electron chi connectivity index (χ4n) is 3.59. The topological polar surface area (TPSA) is 17.1 Å². The summed E-state index contributed by atoms with van der Waals surface area (Å²) in [6, 6.07) is 0. The van der Waals surface area contributed by atoms with E-state index in [2.05, 4.69) is 39.8 Å². The molecule has 2 aliphatic carbocycles. The van der Waals surface area contributed by atoms with Crippen molar-refractivity contribution in [3.63, 3.8) is 0 Å². The van der Waals surface area contributed by atoms with Crippen molar-refractivity contribution in [1.82, 2.24) is 0 Å². The maximum absolute atomic E-state index is 12.7. The lowest BCUT2D eigenvalue weighted by Gasteiger charge is -2.31. The first kappa shape index (κ1) is 13.6. The number of carbonyl (C=O) groups is 1. The van der Waals surface area contributed by atoms with E-state index in [9.17, 15) is 4.79 Å². The van der Waals surface area contributed by atoms with Gasteiger partial charge in [-0.2, -0.15) is 0 Å². The van der Waals surface area contributed by atoms with Crippen LogP contribution in [0.5, 0.6) is 0 Å². The van der Waals surface area contributed by atoms with Crippen LogP contribution < -0.4 is 0 Å². The first-order valence-electron chi connectivity index (χ1n) is 7.39.